The molecule has 0 bridgehead atoms. The highest BCUT2D eigenvalue weighted by Gasteiger charge is 2.16. The van der Waals surface area contributed by atoms with Gasteiger partial charge in [0.15, 0.2) is 0 Å². The molecule has 1 aliphatic heterocycles. The van der Waals surface area contributed by atoms with E-state index in [0.29, 0.717) is 5.82 Å². The zero-order valence-corrected chi connectivity index (χ0v) is 11.0. The monoisotopic (exact) mass is 250 g/mol. The van der Waals surface area contributed by atoms with Crippen LogP contribution in [0.3, 0.4) is 0 Å². The van der Waals surface area contributed by atoms with Crippen LogP contribution >= 0.6 is 0 Å². The number of ether oxygens (including phenoxy) is 1. The first-order valence-corrected chi connectivity index (χ1v) is 6.47. The van der Waals surface area contributed by atoms with E-state index in [1.54, 1.807) is 7.11 Å². The second-order valence-electron chi connectivity index (χ2n) is 4.62. The normalized spacial score (nSPS) is 17.1. The molecule has 100 valence electrons. The highest BCUT2D eigenvalue weighted by Crippen LogP contribution is 2.16. The van der Waals surface area contributed by atoms with Crippen LogP contribution in [0, 0.1) is 0 Å². The van der Waals surface area contributed by atoms with Gasteiger partial charge in [-0.15, -0.1) is 0 Å². The van der Waals surface area contributed by atoms with Gasteiger partial charge in [-0.05, 0) is 18.6 Å². The third-order valence-corrected chi connectivity index (χ3v) is 3.33. The second kappa shape index (κ2) is 6.56. The second-order valence-corrected chi connectivity index (χ2v) is 4.62. The first kappa shape index (κ1) is 13.1. The minimum atomic E-state index is 0.581. The highest BCUT2D eigenvalue weighted by molar-refractivity contribution is 5.48. The van der Waals surface area contributed by atoms with E-state index in [-0.39, 0.29) is 0 Å². The molecule has 0 radical (unpaired) electrons. The summed E-state index contributed by atoms with van der Waals surface area (Å²) < 4.78 is 5.08. The van der Waals surface area contributed by atoms with Crippen molar-refractivity contribution < 1.29 is 4.74 Å². The van der Waals surface area contributed by atoms with Crippen LogP contribution in [0.5, 0.6) is 0 Å². The van der Waals surface area contributed by atoms with E-state index in [4.69, 9.17) is 10.5 Å². The van der Waals surface area contributed by atoms with Crippen molar-refractivity contribution in [2.24, 2.45) is 0 Å². The lowest BCUT2D eigenvalue weighted by Crippen LogP contribution is -2.46. The Bertz CT molecular complexity index is 347. The number of anilines is 2. The van der Waals surface area contributed by atoms with Crippen molar-refractivity contribution in [1.82, 2.24) is 9.88 Å². The summed E-state index contributed by atoms with van der Waals surface area (Å²) in [5, 5.41) is 0. The highest BCUT2D eigenvalue weighted by atomic mass is 16.5. The van der Waals surface area contributed by atoms with Gasteiger partial charge >= 0.3 is 0 Å². The van der Waals surface area contributed by atoms with Crippen LogP contribution in [-0.4, -0.2) is 56.3 Å². The fraction of sp³-hybridized carbons (Fsp3) is 0.615. The number of hydrogen-bond acceptors (Lipinski definition) is 5. The van der Waals surface area contributed by atoms with Gasteiger partial charge in [0.2, 0.25) is 0 Å². The van der Waals surface area contributed by atoms with Crippen molar-refractivity contribution in [2.45, 2.75) is 6.42 Å². The molecule has 1 aromatic rings. The molecular weight excluding hydrogens is 228 g/mol. The Morgan fingerprint density at radius 2 is 2.06 bits per heavy atom. The summed E-state index contributed by atoms with van der Waals surface area (Å²) in [4.78, 5) is 8.99. The molecule has 0 amide bonds. The Balaban J connectivity index is 1.77. The number of hydrogen-bond donors (Lipinski definition) is 1. The van der Waals surface area contributed by atoms with Gasteiger partial charge in [-0.25, -0.2) is 4.98 Å². The third-order valence-electron chi connectivity index (χ3n) is 3.33. The molecule has 18 heavy (non-hydrogen) atoms. The third kappa shape index (κ3) is 3.58. The van der Waals surface area contributed by atoms with Gasteiger partial charge < -0.3 is 15.4 Å². The largest absolute Gasteiger partial charge is 0.385 e. The summed E-state index contributed by atoms with van der Waals surface area (Å²) in [7, 11) is 1.76. The average molecular weight is 250 g/mol. The average Bonchev–Trinajstić information content (AvgIpc) is 2.41. The van der Waals surface area contributed by atoms with Gasteiger partial charge in [0.1, 0.15) is 5.82 Å². The molecule has 1 saturated heterocycles. The van der Waals surface area contributed by atoms with Crippen LogP contribution in [-0.2, 0) is 4.74 Å². The van der Waals surface area contributed by atoms with Crippen molar-refractivity contribution in [3.8, 4) is 0 Å². The van der Waals surface area contributed by atoms with Gasteiger partial charge in [-0.1, -0.05) is 0 Å². The molecule has 2 rings (SSSR count). The summed E-state index contributed by atoms with van der Waals surface area (Å²) in [6, 6.07) is 3.91. The quantitative estimate of drug-likeness (QED) is 0.784. The molecule has 2 heterocycles. The van der Waals surface area contributed by atoms with Crippen LogP contribution in [0.1, 0.15) is 6.42 Å². The molecule has 0 aromatic carbocycles. The summed E-state index contributed by atoms with van der Waals surface area (Å²) in [6.07, 6.45) is 2.97. The predicted octanol–water partition coefficient (Wildman–Crippen LogP) is 0.822. The molecular formula is C13H22N4O. The summed E-state index contributed by atoms with van der Waals surface area (Å²) in [6.45, 7) is 6.29. The Kier molecular flexibility index (Phi) is 4.78. The van der Waals surface area contributed by atoms with E-state index in [1.807, 2.05) is 18.3 Å². The fourth-order valence-corrected chi connectivity index (χ4v) is 2.25. The minimum Gasteiger partial charge on any atom is -0.385 e. The number of piperazine rings is 1. The zero-order valence-electron chi connectivity index (χ0n) is 11.0. The Hall–Kier alpha value is -1.33. The SMILES string of the molecule is COCCCN1CCN(c2ccc(N)nc2)CC1. The molecule has 5 nitrogen and oxygen atoms in total. The molecule has 0 saturated carbocycles. The van der Waals surface area contributed by atoms with Crippen molar-refractivity contribution >= 4 is 11.5 Å². The minimum absolute atomic E-state index is 0.581. The number of pyridine rings is 1. The smallest absolute Gasteiger partial charge is 0.123 e. The lowest BCUT2D eigenvalue weighted by molar-refractivity contribution is 0.169. The number of nitrogen functional groups attached to an aromatic ring is 1. The van der Waals surface area contributed by atoms with E-state index in [2.05, 4.69) is 14.8 Å². The molecule has 5 heteroatoms. The van der Waals surface area contributed by atoms with Crippen LogP contribution in [0.2, 0.25) is 0 Å². The molecule has 0 unspecified atom stereocenters. The molecule has 1 aromatic heterocycles. The molecule has 1 fully saturated rings. The predicted molar refractivity (Wildman–Crippen MR) is 73.8 cm³/mol. The number of methoxy groups -OCH3 is 1. The summed E-state index contributed by atoms with van der Waals surface area (Å²) in [5.41, 5.74) is 6.76. The topological polar surface area (TPSA) is 54.6 Å². The molecule has 1 aliphatic rings. The Labute approximate surface area is 109 Å². The van der Waals surface area contributed by atoms with Gasteiger partial charge in [0.25, 0.3) is 0 Å². The maximum absolute atomic E-state index is 5.60. The van der Waals surface area contributed by atoms with Gasteiger partial charge in [-0.3, -0.25) is 4.90 Å². The van der Waals surface area contributed by atoms with Crippen molar-refractivity contribution in [3.05, 3.63) is 18.3 Å². The number of rotatable bonds is 5. The standard InChI is InChI=1S/C13H22N4O/c1-18-10-2-5-16-6-8-17(9-7-16)12-3-4-13(14)15-11-12/h3-4,11H,2,5-10H2,1H3,(H2,14,15). The first-order valence-electron chi connectivity index (χ1n) is 6.47. The maximum Gasteiger partial charge on any atom is 0.123 e. The number of aromatic nitrogens is 1. The van der Waals surface area contributed by atoms with Gasteiger partial charge in [-0.2, -0.15) is 0 Å². The maximum atomic E-state index is 5.60. The molecule has 0 spiro atoms. The van der Waals surface area contributed by atoms with Crippen molar-refractivity contribution in [3.63, 3.8) is 0 Å². The number of nitrogens with zero attached hydrogens (tertiary/aromatic N) is 3. The molecule has 2 N–H and O–H groups in total. The summed E-state index contributed by atoms with van der Waals surface area (Å²) >= 11 is 0. The van der Waals surface area contributed by atoms with Gasteiger partial charge in [0.05, 0.1) is 11.9 Å². The fourth-order valence-electron chi connectivity index (χ4n) is 2.25. The molecule has 0 aliphatic carbocycles. The van der Waals surface area contributed by atoms with Crippen molar-refractivity contribution in [2.75, 3.05) is 57.1 Å². The molecule has 0 atom stereocenters. The van der Waals surface area contributed by atoms with Crippen LogP contribution < -0.4 is 10.6 Å². The van der Waals surface area contributed by atoms with Crippen LogP contribution in [0.25, 0.3) is 0 Å². The van der Waals surface area contributed by atoms with E-state index >= 15 is 0 Å². The summed E-state index contributed by atoms with van der Waals surface area (Å²) in [5.74, 6) is 0.581. The first-order chi connectivity index (χ1) is 8.79. The lowest BCUT2D eigenvalue weighted by Gasteiger charge is -2.35. The Morgan fingerprint density at radius 1 is 1.28 bits per heavy atom. The van der Waals surface area contributed by atoms with Crippen molar-refractivity contribution in [1.29, 1.82) is 0 Å². The van der Waals surface area contributed by atoms with Gasteiger partial charge in [0, 0.05) is 46.4 Å². The van der Waals surface area contributed by atoms with Crippen LogP contribution in [0.4, 0.5) is 11.5 Å². The van der Waals surface area contributed by atoms with Crippen LogP contribution in [0.15, 0.2) is 18.3 Å². The number of nitrogens with two attached hydrogens (primary N) is 1. The van der Waals surface area contributed by atoms with E-state index in [1.165, 1.54) is 5.69 Å². The van der Waals surface area contributed by atoms with E-state index in [0.717, 1.165) is 45.8 Å². The van der Waals surface area contributed by atoms with E-state index in [9.17, 15) is 0 Å². The Morgan fingerprint density at radius 3 is 2.67 bits per heavy atom. The van der Waals surface area contributed by atoms with E-state index < -0.39 is 0 Å². The zero-order chi connectivity index (χ0) is 12.8. The lowest BCUT2D eigenvalue weighted by atomic mass is 10.2.